The van der Waals surface area contributed by atoms with Crippen molar-refractivity contribution in [3.8, 4) is 11.3 Å². The average Bonchev–Trinajstić information content (AvgIpc) is 3.13. The van der Waals surface area contributed by atoms with Gasteiger partial charge in [0.05, 0.1) is 18.0 Å². The molecule has 0 spiro atoms. The van der Waals surface area contributed by atoms with Crippen LogP contribution in [0.4, 0.5) is 0 Å². The van der Waals surface area contributed by atoms with E-state index >= 15 is 0 Å². The lowest BCUT2D eigenvalue weighted by atomic mass is 9.90. The van der Waals surface area contributed by atoms with Crippen molar-refractivity contribution in [2.24, 2.45) is 0 Å². The van der Waals surface area contributed by atoms with Gasteiger partial charge in [0, 0.05) is 36.8 Å². The maximum absolute atomic E-state index is 12.9. The molecule has 0 aromatic carbocycles. The number of aliphatic hydroxyl groups excluding tert-OH is 1. The van der Waals surface area contributed by atoms with E-state index in [1.54, 1.807) is 10.5 Å². The summed E-state index contributed by atoms with van der Waals surface area (Å²) in [7, 11) is 0. The number of aliphatic hydroxyl groups is 1. The van der Waals surface area contributed by atoms with Crippen molar-refractivity contribution >= 4 is 11.3 Å². The molecule has 1 aliphatic rings. The summed E-state index contributed by atoms with van der Waals surface area (Å²) in [6.45, 7) is 4.86. The molecule has 30 heavy (non-hydrogen) atoms. The van der Waals surface area contributed by atoms with Gasteiger partial charge in [-0.05, 0) is 62.5 Å². The zero-order valence-electron chi connectivity index (χ0n) is 17.0. The minimum atomic E-state index is -0.0727. The predicted octanol–water partition coefficient (Wildman–Crippen LogP) is 2.49. The van der Waals surface area contributed by atoms with Crippen molar-refractivity contribution in [2.75, 3.05) is 26.2 Å². The topological polar surface area (TPSA) is 75.1 Å². The molecular formula is C23H25N5O2. The Morgan fingerprint density at radius 3 is 2.63 bits per heavy atom. The van der Waals surface area contributed by atoms with Crippen molar-refractivity contribution in [2.45, 2.75) is 25.7 Å². The number of fused-ring (bicyclic) bond motifs is 2. The van der Waals surface area contributed by atoms with E-state index in [0.29, 0.717) is 17.3 Å². The Morgan fingerprint density at radius 1 is 1.03 bits per heavy atom. The van der Waals surface area contributed by atoms with Crippen LogP contribution in [-0.4, -0.2) is 55.0 Å². The van der Waals surface area contributed by atoms with Crippen LogP contribution >= 0.6 is 0 Å². The first kappa shape index (κ1) is 19.0. The summed E-state index contributed by atoms with van der Waals surface area (Å²) in [6.07, 6.45) is 7.95. The molecule has 0 atom stereocenters. The molecule has 7 heteroatoms. The molecule has 1 aliphatic heterocycles. The molecule has 1 fully saturated rings. The Hall–Kier alpha value is -3.03. The van der Waals surface area contributed by atoms with Gasteiger partial charge >= 0.3 is 0 Å². The molecule has 7 nitrogen and oxygen atoms in total. The monoisotopic (exact) mass is 403 g/mol. The number of pyridine rings is 2. The molecule has 0 unspecified atom stereocenters. The third-order valence-corrected chi connectivity index (χ3v) is 6.02. The molecule has 0 aliphatic carbocycles. The smallest absolute Gasteiger partial charge is 0.258 e. The highest BCUT2D eigenvalue weighted by Gasteiger charge is 2.21. The molecule has 5 rings (SSSR count). The summed E-state index contributed by atoms with van der Waals surface area (Å²) in [6, 6.07) is 9.54. The maximum atomic E-state index is 12.9. The van der Waals surface area contributed by atoms with Crippen LogP contribution in [0.2, 0.25) is 0 Å². The van der Waals surface area contributed by atoms with Crippen molar-refractivity contribution in [3.63, 3.8) is 0 Å². The quantitative estimate of drug-likeness (QED) is 0.567. The van der Waals surface area contributed by atoms with E-state index in [0.717, 1.165) is 49.4 Å². The lowest BCUT2D eigenvalue weighted by Crippen LogP contribution is -2.35. The molecule has 0 saturated carbocycles. The van der Waals surface area contributed by atoms with E-state index in [2.05, 4.69) is 16.0 Å². The standard InChI is InChI=1S/C23H25N5O2/c1-16-13-27-14-19(3-4-21(27)24-16)20-12-23(30)28-15-18(2-5-22(28)25-20)17-6-8-26(9-7-17)10-11-29/h2-5,12-15,17,29H,6-11H2,1H3. The van der Waals surface area contributed by atoms with Crippen LogP contribution in [0.15, 0.2) is 53.7 Å². The number of aromatic nitrogens is 4. The normalized spacial score (nSPS) is 15.9. The summed E-state index contributed by atoms with van der Waals surface area (Å²) < 4.78 is 3.61. The van der Waals surface area contributed by atoms with Crippen LogP contribution in [0.1, 0.15) is 30.0 Å². The van der Waals surface area contributed by atoms with Gasteiger partial charge < -0.3 is 14.4 Å². The molecule has 0 radical (unpaired) electrons. The highest BCUT2D eigenvalue weighted by Crippen LogP contribution is 2.28. The Labute approximate surface area is 174 Å². The summed E-state index contributed by atoms with van der Waals surface area (Å²) in [5.41, 5.74) is 5.14. The second-order valence-corrected chi connectivity index (χ2v) is 8.08. The van der Waals surface area contributed by atoms with Gasteiger partial charge in [-0.1, -0.05) is 6.07 Å². The lowest BCUT2D eigenvalue weighted by Gasteiger charge is -2.31. The Bertz CT molecular complexity index is 1270. The zero-order chi connectivity index (χ0) is 20.7. The molecular weight excluding hydrogens is 378 g/mol. The fourth-order valence-corrected chi connectivity index (χ4v) is 4.41. The van der Waals surface area contributed by atoms with Gasteiger partial charge in [-0.25, -0.2) is 9.97 Å². The van der Waals surface area contributed by atoms with Crippen LogP contribution < -0.4 is 5.56 Å². The van der Waals surface area contributed by atoms with E-state index in [1.807, 2.05) is 48.1 Å². The molecule has 0 amide bonds. The Morgan fingerprint density at radius 2 is 1.83 bits per heavy atom. The van der Waals surface area contributed by atoms with Crippen LogP contribution in [0.3, 0.4) is 0 Å². The fraction of sp³-hybridized carbons (Fsp3) is 0.348. The first-order valence-corrected chi connectivity index (χ1v) is 10.4. The van der Waals surface area contributed by atoms with Crippen LogP contribution in [0.5, 0.6) is 0 Å². The van der Waals surface area contributed by atoms with E-state index in [-0.39, 0.29) is 12.2 Å². The van der Waals surface area contributed by atoms with E-state index in [4.69, 9.17) is 10.1 Å². The van der Waals surface area contributed by atoms with Crippen LogP contribution in [0.25, 0.3) is 22.6 Å². The second-order valence-electron chi connectivity index (χ2n) is 8.08. The van der Waals surface area contributed by atoms with E-state index < -0.39 is 0 Å². The van der Waals surface area contributed by atoms with Gasteiger partial charge in [0.25, 0.3) is 5.56 Å². The number of hydrogen-bond acceptors (Lipinski definition) is 5. The number of nitrogens with zero attached hydrogens (tertiary/aromatic N) is 5. The molecule has 1 saturated heterocycles. The van der Waals surface area contributed by atoms with Crippen LogP contribution in [0, 0.1) is 6.92 Å². The average molecular weight is 403 g/mol. The van der Waals surface area contributed by atoms with Crippen molar-refractivity contribution in [1.82, 2.24) is 23.7 Å². The molecule has 0 bridgehead atoms. The Kier molecular flexibility index (Phi) is 4.84. The van der Waals surface area contributed by atoms with Crippen LogP contribution in [-0.2, 0) is 0 Å². The van der Waals surface area contributed by atoms with Gasteiger partial charge in [0.1, 0.15) is 11.3 Å². The number of aryl methyl sites for hydroxylation is 1. The van der Waals surface area contributed by atoms with Crippen molar-refractivity contribution < 1.29 is 5.11 Å². The van der Waals surface area contributed by atoms with Gasteiger partial charge in [-0.15, -0.1) is 0 Å². The summed E-state index contributed by atoms with van der Waals surface area (Å²) >= 11 is 0. The summed E-state index contributed by atoms with van der Waals surface area (Å²) in [5, 5.41) is 9.12. The first-order valence-electron chi connectivity index (χ1n) is 10.4. The minimum Gasteiger partial charge on any atom is -0.395 e. The molecule has 5 heterocycles. The number of β-amino-alcohol motifs (C(OH)–C–C–N with tert-alkyl or cyclic N) is 1. The summed E-state index contributed by atoms with van der Waals surface area (Å²) in [5.74, 6) is 0.433. The SMILES string of the molecule is Cc1cn2cc(-c3cc(=O)n4cc(C5CCN(CCO)CC5)ccc4n3)ccc2n1. The maximum Gasteiger partial charge on any atom is 0.258 e. The molecule has 4 aromatic heterocycles. The molecule has 1 N–H and O–H groups in total. The number of likely N-dealkylation sites (tertiary alicyclic amines) is 1. The highest BCUT2D eigenvalue weighted by atomic mass is 16.3. The number of imidazole rings is 1. The van der Waals surface area contributed by atoms with E-state index in [9.17, 15) is 4.79 Å². The minimum absolute atomic E-state index is 0.0727. The predicted molar refractivity (Wildman–Crippen MR) is 116 cm³/mol. The number of rotatable bonds is 4. The van der Waals surface area contributed by atoms with E-state index in [1.165, 1.54) is 5.56 Å². The summed E-state index contributed by atoms with van der Waals surface area (Å²) in [4.78, 5) is 24.3. The third-order valence-electron chi connectivity index (χ3n) is 6.02. The van der Waals surface area contributed by atoms with Crippen molar-refractivity contribution in [1.29, 1.82) is 0 Å². The molecule has 4 aromatic rings. The lowest BCUT2D eigenvalue weighted by molar-refractivity contribution is 0.164. The zero-order valence-corrected chi connectivity index (χ0v) is 17.0. The molecule has 154 valence electrons. The Balaban J connectivity index is 1.46. The number of hydrogen-bond donors (Lipinski definition) is 1. The third kappa shape index (κ3) is 3.51. The van der Waals surface area contributed by atoms with Crippen molar-refractivity contribution in [3.05, 3.63) is 70.5 Å². The van der Waals surface area contributed by atoms with Gasteiger partial charge in [-0.3, -0.25) is 9.20 Å². The second kappa shape index (κ2) is 7.66. The number of piperidine rings is 1. The van der Waals surface area contributed by atoms with Gasteiger partial charge in [-0.2, -0.15) is 0 Å². The fourth-order valence-electron chi connectivity index (χ4n) is 4.41. The first-order chi connectivity index (χ1) is 14.6. The highest BCUT2D eigenvalue weighted by molar-refractivity contribution is 5.63. The van der Waals surface area contributed by atoms with Gasteiger partial charge in [0.15, 0.2) is 0 Å². The van der Waals surface area contributed by atoms with Gasteiger partial charge in [0.2, 0.25) is 0 Å². The largest absolute Gasteiger partial charge is 0.395 e.